The van der Waals surface area contributed by atoms with Crippen LogP contribution in [0.3, 0.4) is 0 Å². The average molecular weight is 347 g/mol. The maximum absolute atomic E-state index is 12.7. The number of ether oxygens (including phenoxy) is 1. The lowest BCUT2D eigenvalue weighted by atomic mass is 9.75. The molecule has 0 saturated carbocycles. The number of hydrogen-bond donors (Lipinski definition) is 2. The van der Waals surface area contributed by atoms with Crippen molar-refractivity contribution in [2.45, 2.75) is 59.8 Å². The van der Waals surface area contributed by atoms with E-state index in [4.69, 9.17) is 9.39 Å². The normalized spacial score (nSPS) is 15.1. The quantitative estimate of drug-likeness (QED) is 0.634. The van der Waals surface area contributed by atoms with Crippen LogP contribution in [0.25, 0.3) is 0 Å². The molecule has 0 fully saturated rings. The van der Waals surface area contributed by atoms with Gasteiger partial charge in [0.25, 0.3) is 5.91 Å². The molecule has 1 unspecified atom stereocenters. The van der Waals surface area contributed by atoms with E-state index >= 15 is 0 Å². The topological polar surface area (TPSA) is 84.9 Å². The largest absolute Gasteiger partial charge is 0.492 e. The van der Waals surface area contributed by atoms with Crippen molar-refractivity contribution in [1.29, 1.82) is 0 Å². The summed E-state index contributed by atoms with van der Waals surface area (Å²) in [4.78, 5) is 25.1. The van der Waals surface area contributed by atoms with E-state index < -0.39 is 24.7 Å². The third-order valence-corrected chi connectivity index (χ3v) is 4.11. The average Bonchev–Trinajstić information content (AvgIpc) is 2.84. The Labute approximate surface area is 149 Å². The molecule has 0 aliphatic carbocycles. The molecule has 2 rings (SSSR count). The summed E-state index contributed by atoms with van der Waals surface area (Å²) >= 11 is 0. The fourth-order valence-corrected chi connectivity index (χ4v) is 2.83. The fraction of sp³-hybridized carbons (Fsp3) is 0.556. The minimum atomic E-state index is -1.02. The Morgan fingerprint density at radius 1 is 1.32 bits per heavy atom. The number of nitrogens with one attached hydrogen (secondary N) is 1. The maximum atomic E-state index is 12.7. The number of carbonyl (C=O) groups is 2. The van der Waals surface area contributed by atoms with Gasteiger partial charge in [-0.25, -0.2) is 4.79 Å². The molecule has 7 heteroatoms. The van der Waals surface area contributed by atoms with Crippen molar-refractivity contribution in [1.82, 2.24) is 5.32 Å². The second-order valence-corrected chi connectivity index (χ2v) is 7.70. The van der Waals surface area contributed by atoms with Crippen molar-refractivity contribution in [3.8, 4) is 0 Å². The van der Waals surface area contributed by atoms with Crippen molar-refractivity contribution in [2.24, 2.45) is 5.92 Å². The standard InChI is InChI=1S/C18H26BNO5/c1-10(2)15(17(22)25-18(4,5)6)20-16(21)13-8-7-12-9-24-19(23)14(12)11(13)3/h7-8,10,15,23H,9H2,1-6H3,(H,20,21). The summed E-state index contributed by atoms with van der Waals surface area (Å²) in [5.74, 6) is -0.954. The molecular weight excluding hydrogens is 321 g/mol. The summed E-state index contributed by atoms with van der Waals surface area (Å²) in [6.07, 6.45) is 0. The molecule has 0 bridgehead atoms. The van der Waals surface area contributed by atoms with Crippen LogP contribution in [0.2, 0.25) is 0 Å². The van der Waals surface area contributed by atoms with Gasteiger partial charge in [0.05, 0.1) is 6.61 Å². The Kier molecular flexibility index (Phi) is 5.59. The van der Waals surface area contributed by atoms with E-state index in [0.717, 1.165) is 5.56 Å². The van der Waals surface area contributed by atoms with Gasteiger partial charge in [0.2, 0.25) is 0 Å². The van der Waals surface area contributed by atoms with E-state index in [1.54, 1.807) is 39.8 Å². The summed E-state index contributed by atoms with van der Waals surface area (Å²) < 4.78 is 10.6. The molecule has 1 heterocycles. The van der Waals surface area contributed by atoms with Crippen LogP contribution in [0.15, 0.2) is 12.1 Å². The van der Waals surface area contributed by atoms with Crippen molar-refractivity contribution in [3.63, 3.8) is 0 Å². The number of fused-ring (bicyclic) bond motifs is 1. The highest BCUT2D eigenvalue weighted by Crippen LogP contribution is 2.18. The van der Waals surface area contributed by atoms with Gasteiger partial charge in [0.15, 0.2) is 0 Å². The van der Waals surface area contributed by atoms with Crippen LogP contribution in [0.4, 0.5) is 0 Å². The van der Waals surface area contributed by atoms with E-state index in [-0.39, 0.29) is 11.8 Å². The van der Waals surface area contributed by atoms with Gasteiger partial charge in [0, 0.05) is 5.56 Å². The minimum Gasteiger partial charge on any atom is -0.458 e. The molecule has 1 atom stereocenters. The zero-order valence-corrected chi connectivity index (χ0v) is 15.7. The molecule has 1 aliphatic heterocycles. The molecular formula is C18H26BNO5. The lowest BCUT2D eigenvalue weighted by Crippen LogP contribution is -2.47. The third kappa shape index (κ3) is 4.41. The Morgan fingerprint density at radius 2 is 1.96 bits per heavy atom. The first-order valence-electron chi connectivity index (χ1n) is 8.47. The molecule has 0 radical (unpaired) electrons. The molecule has 0 saturated heterocycles. The highest BCUT2D eigenvalue weighted by Gasteiger charge is 2.33. The summed E-state index contributed by atoms with van der Waals surface area (Å²) in [5.41, 5.74) is 1.95. The first-order chi connectivity index (χ1) is 11.5. The van der Waals surface area contributed by atoms with Crippen LogP contribution in [0.1, 0.15) is 56.1 Å². The summed E-state index contributed by atoms with van der Waals surface area (Å²) in [6.45, 7) is 11.2. The van der Waals surface area contributed by atoms with Gasteiger partial charge in [-0.2, -0.15) is 0 Å². The SMILES string of the molecule is Cc1c(C(=O)NC(C(=O)OC(C)(C)C)C(C)C)ccc2c1B(O)OC2. The van der Waals surface area contributed by atoms with Crippen LogP contribution >= 0.6 is 0 Å². The molecule has 1 aromatic rings. The molecule has 1 amide bonds. The monoisotopic (exact) mass is 347 g/mol. The first-order valence-corrected chi connectivity index (χ1v) is 8.47. The minimum absolute atomic E-state index is 0.123. The number of esters is 1. The second-order valence-electron chi connectivity index (χ2n) is 7.70. The number of amides is 1. The highest BCUT2D eigenvalue weighted by atomic mass is 16.6. The van der Waals surface area contributed by atoms with E-state index in [1.165, 1.54) is 0 Å². The Hall–Kier alpha value is -1.86. The third-order valence-electron chi connectivity index (χ3n) is 4.11. The van der Waals surface area contributed by atoms with Gasteiger partial charge < -0.3 is 19.7 Å². The van der Waals surface area contributed by atoms with Crippen LogP contribution in [0.5, 0.6) is 0 Å². The van der Waals surface area contributed by atoms with Gasteiger partial charge in [-0.1, -0.05) is 19.9 Å². The molecule has 0 aromatic heterocycles. The molecule has 2 N–H and O–H groups in total. The highest BCUT2D eigenvalue weighted by molar-refractivity contribution is 6.62. The Bertz CT molecular complexity index is 681. The van der Waals surface area contributed by atoms with E-state index in [9.17, 15) is 14.6 Å². The smallest absolute Gasteiger partial charge is 0.458 e. The number of carbonyl (C=O) groups excluding carboxylic acids is 2. The zero-order valence-electron chi connectivity index (χ0n) is 15.7. The Balaban J connectivity index is 2.23. The molecule has 1 aliphatic rings. The van der Waals surface area contributed by atoms with Crippen LogP contribution in [-0.4, -0.2) is 35.7 Å². The molecule has 25 heavy (non-hydrogen) atoms. The van der Waals surface area contributed by atoms with E-state index in [2.05, 4.69) is 5.32 Å². The van der Waals surface area contributed by atoms with Crippen molar-refractivity contribution >= 4 is 24.5 Å². The molecule has 136 valence electrons. The zero-order chi connectivity index (χ0) is 18.9. The lowest BCUT2D eigenvalue weighted by molar-refractivity contribution is -0.158. The van der Waals surface area contributed by atoms with Crippen molar-refractivity contribution in [3.05, 3.63) is 28.8 Å². The summed E-state index contributed by atoms with van der Waals surface area (Å²) in [7, 11) is -1.02. The predicted molar refractivity (Wildman–Crippen MR) is 95.5 cm³/mol. The van der Waals surface area contributed by atoms with E-state index in [1.807, 2.05) is 13.8 Å². The number of hydrogen-bond acceptors (Lipinski definition) is 5. The van der Waals surface area contributed by atoms with Gasteiger partial charge in [0.1, 0.15) is 11.6 Å². The van der Waals surface area contributed by atoms with Crippen LogP contribution < -0.4 is 10.8 Å². The summed E-state index contributed by atoms with van der Waals surface area (Å²) in [5, 5.41) is 12.7. The molecule has 0 spiro atoms. The van der Waals surface area contributed by atoms with Crippen LogP contribution in [-0.2, 0) is 20.8 Å². The summed E-state index contributed by atoms with van der Waals surface area (Å²) in [6, 6.07) is 2.71. The van der Waals surface area contributed by atoms with Gasteiger partial charge in [-0.15, -0.1) is 0 Å². The first kappa shape index (κ1) is 19.5. The maximum Gasteiger partial charge on any atom is 0.492 e. The second kappa shape index (κ2) is 7.18. The predicted octanol–water partition coefficient (Wildman–Crippen LogP) is 1.31. The Morgan fingerprint density at radius 3 is 2.52 bits per heavy atom. The molecule has 6 nitrogen and oxygen atoms in total. The van der Waals surface area contributed by atoms with Crippen LogP contribution in [0, 0.1) is 12.8 Å². The molecule has 1 aromatic carbocycles. The van der Waals surface area contributed by atoms with Gasteiger partial charge in [-0.3, -0.25) is 4.79 Å². The fourth-order valence-electron chi connectivity index (χ4n) is 2.83. The number of rotatable bonds is 4. The van der Waals surface area contributed by atoms with Crippen molar-refractivity contribution in [2.75, 3.05) is 0 Å². The lowest BCUT2D eigenvalue weighted by Gasteiger charge is -2.26. The van der Waals surface area contributed by atoms with E-state index in [0.29, 0.717) is 23.2 Å². The van der Waals surface area contributed by atoms with Gasteiger partial charge >= 0.3 is 13.1 Å². The van der Waals surface area contributed by atoms with Crippen molar-refractivity contribution < 1.29 is 24.0 Å². The number of benzene rings is 1. The van der Waals surface area contributed by atoms with Gasteiger partial charge in [-0.05, 0) is 56.3 Å².